The first-order valence-corrected chi connectivity index (χ1v) is 8.75. The van der Waals surface area contributed by atoms with Crippen molar-refractivity contribution in [2.24, 2.45) is 10.2 Å². The Kier molecular flexibility index (Phi) is 5.09. The number of rotatable bonds is 5. The second-order valence-corrected chi connectivity index (χ2v) is 6.98. The molecular formula is C16H15N3O2S2. The van der Waals surface area contributed by atoms with Crippen LogP contribution in [0.4, 0.5) is 0 Å². The maximum absolute atomic E-state index is 12.0. The number of hydrogen-bond acceptors (Lipinski definition) is 6. The largest absolute Gasteiger partial charge is 0.497 e. The van der Waals surface area contributed by atoms with E-state index in [0.717, 1.165) is 16.2 Å². The zero-order valence-electron chi connectivity index (χ0n) is 12.4. The molecule has 1 aliphatic rings. The first-order chi connectivity index (χ1) is 11.2. The Bertz CT molecular complexity index is 724. The Morgan fingerprint density at radius 1 is 1.30 bits per heavy atom. The van der Waals surface area contributed by atoms with E-state index in [-0.39, 0.29) is 11.2 Å². The zero-order chi connectivity index (χ0) is 16.1. The number of carbonyl (C=O) groups is 1. The number of methoxy groups -OCH3 is 1. The Labute approximate surface area is 142 Å². The van der Waals surface area contributed by atoms with Crippen molar-refractivity contribution in [2.75, 3.05) is 7.11 Å². The lowest BCUT2D eigenvalue weighted by Crippen LogP contribution is -2.25. The molecule has 3 rings (SSSR count). The molecular weight excluding hydrogens is 330 g/mol. The molecule has 0 bridgehead atoms. The summed E-state index contributed by atoms with van der Waals surface area (Å²) in [6.07, 6.45) is 2.33. The highest BCUT2D eigenvalue weighted by Gasteiger charge is 2.30. The zero-order valence-corrected chi connectivity index (χ0v) is 14.1. The molecule has 1 aromatic carbocycles. The van der Waals surface area contributed by atoms with Gasteiger partial charge in [0.1, 0.15) is 5.75 Å². The summed E-state index contributed by atoms with van der Waals surface area (Å²) in [5.74, 6) is 0.776. The fraction of sp³-hybridized carbons (Fsp3) is 0.188. The highest BCUT2D eigenvalue weighted by atomic mass is 32.2. The van der Waals surface area contributed by atoms with Crippen LogP contribution in [0.1, 0.15) is 10.4 Å². The van der Waals surface area contributed by atoms with Crippen molar-refractivity contribution in [3.05, 3.63) is 52.2 Å². The number of amidine groups is 1. The van der Waals surface area contributed by atoms with Crippen LogP contribution < -0.4 is 10.1 Å². The summed E-state index contributed by atoms with van der Waals surface area (Å²) in [7, 11) is 1.63. The van der Waals surface area contributed by atoms with Crippen LogP contribution >= 0.6 is 23.1 Å². The van der Waals surface area contributed by atoms with E-state index in [0.29, 0.717) is 11.6 Å². The van der Waals surface area contributed by atoms with Gasteiger partial charge in [-0.2, -0.15) is 5.10 Å². The van der Waals surface area contributed by atoms with Gasteiger partial charge in [-0.05, 0) is 35.6 Å². The quantitative estimate of drug-likeness (QED) is 0.669. The second-order valence-electron chi connectivity index (χ2n) is 4.81. The summed E-state index contributed by atoms with van der Waals surface area (Å²) >= 11 is 3.00. The van der Waals surface area contributed by atoms with Crippen LogP contribution in [0.25, 0.3) is 0 Å². The fourth-order valence-corrected chi connectivity index (χ4v) is 3.61. The number of hydrogen-bond donors (Lipinski definition) is 1. The van der Waals surface area contributed by atoms with Crippen molar-refractivity contribution in [2.45, 2.75) is 11.7 Å². The number of amides is 1. The van der Waals surface area contributed by atoms with Gasteiger partial charge >= 0.3 is 0 Å². The molecule has 1 atom stereocenters. The minimum atomic E-state index is -0.181. The summed E-state index contributed by atoms with van der Waals surface area (Å²) in [6.45, 7) is 0. The third-order valence-corrected chi connectivity index (χ3v) is 5.11. The van der Waals surface area contributed by atoms with Gasteiger partial charge in [-0.15, -0.1) is 16.4 Å². The van der Waals surface area contributed by atoms with Gasteiger partial charge in [0.2, 0.25) is 5.91 Å². The minimum absolute atomic E-state index is 0.0316. The maximum atomic E-state index is 12.0. The predicted molar refractivity (Wildman–Crippen MR) is 95.6 cm³/mol. The van der Waals surface area contributed by atoms with Crippen LogP contribution in [0, 0.1) is 0 Å². The number of thiophene rings is 1. The van der Waals surface area contributed by atoms with Crippen LogP contribution in [-0.2, 0) is 11.2 Å². The van der Waals surface area contributed by atoms with Crippen molar-refractivity contribution in [1.82, 2.24) is 5.32 Å². The molecule has 1 fully saturated rings. The van der Waals surface area contributed by atoms with E-state index in [1.807, 2.05) is 41.8 Å². The summed E-state index contributed by atoms with van der Waals surface area (Å²) < 4.78 is 5.13. The van der Waals surface area contributed by atoms with E-state index in [9.17, 15) is 4.79 Å². The van der Waals surface area contributed by atoms with Gasteiger partial charge in [0.15, 0.2) is 5.17 Å². The molecule has 2 aromatic rings. The SMILES string of the molecule is COc1ccc(C[C@H]2S/C(=N/N=C\c3cccs3)NC2=O)cc1. The van der Waals surface area contributed by atoms with E-state index < -0.39 is 0 Å². The smallest absolute Gasteiger partial charge is 0.239 e. The third kappa shape index (κ3) is 4.20. The average molecular weight is 345 g/mol. The highest BCUT2D eigenvalue weighted by molar-refractivity contribution is 8.15. The summed E-state index contributed by atoms with van der Waals surface area (Å²) in [6, 6.07) is 11.6. The van der Waals surface area contributed by atoms with Gasteiger partial charge in [-0.25, -0.2) is 0 Å². The number of carbonyl (C=O) groups excluding carboxylic acids is 1. The molecule has 23 heavy (non-hydrogen) atoms. The Balaban J connectivity index is 1.60. The molecule has 1 saturated heterocycles. The van der Waals surface area contributed by atoms with Gasteiger partial charge in [0.05, 0.1) is 18.6 Å². The minimum Gasteiger partial charge on any atom is -0.497 e. The molecule has 1 N–H and O–H groups in total. The first kappa shape index (κ1) is 15.8. The second kappa shape index (κ2) is 7.43. The van der Waals surface area contributed by atoms with Crippen molar-refractivity contribution < 1.29 is 9.53 Å². The van der Waals surface area contributed by atoms with Gasteiger partial charge in [0, 0.05) is 4.88 Å². The number of thioether (sulfide) groups is 1. The molecule has 5 nitrogen and oxygen atoms in total. The summed E-state index contributed by atoms with van der Waals surface area (Å²) in [4.78, 5) is 13.0. The first-order valence-electron chi connectivity index (χ1n) is 6.99. The number of nitrogens with zero attached hydrogens (tertiary/aromatic N) is 2. The van der Waals surface area contributed by atoms with Crippen molar-refractivity contribution in [3.63, 3.8) is 0 Å². The molecule has 0 saturated carbocycles. The predicted octanol–water partition coefficient (Wildman–Crippen LogP) is 2.92. The molecule has 1 amide bonds. The number of benzene rings is 1. The normalized spacial score (nSPS) is 19.4. The lowest BCUT2D eigenvalue weighted by molar-refractivity contribution is -0.118. The molecule has 7 heteroatoms. The molecule has 0 aliphatic carbocycles. The van der Waals surface area contributed by atoms with Crippen LogP contribution in [0.15, 0.2) is 52.0 Å². The standard InChI is InChI=1S/C16H15N3O2S2/c1-21-12-6-4-11(5-7-12)9-14-15(20)18-16(23-14)19-17-10-13-3-2-8-22-13/h2-8,10,14H,9H2,1H3,(H,18,19,20)/b17-10-/t14-/m1/s1. The molecule has 0 unspecified atom stereocenters. The van der Waals surface area contributed by atoms with Crippen molar-refractivity contribution >= 4 is 40.4 Å². The molecule has 2 heterocycles. The van der Waals surface area contributed by atoms with Crippen LogP contribution in [0.5, 0.6) is 5.75 Å². The lowest BCUT2D eigenvalue weighted by atomic mass is 10.1. The van der Waals surface area contributed by atoms with Crippen molar-refractivity contribution in [3.8, 4) is 5.75 Å². The Hall–Kier alpha value is -2.12. The van der Waals surface area contributed by atoms with Crippen LogP contribution in [0.2, 0.25) is 0 Å². The van der Waals surface area contributed by atoms with Gasteiger partial charge in [-0.1, -0.05) is 30.0 Å². The lowest BCUT2D eigenvalue weighted by Gasteiger charge is -2.06. The van der Waals surface area contributed by atoms with Gasteiger partial charge < -0.3 is 10.1 Å². The van der Waals surface area contributed by atoms with E-state index in [4.69, 9.17) is 4.74 Å². The van der Waals surface area contributed by atoms with Crippen LogP contribution in [-0.4, -0.2) is 29.6 Å². The molecule has 118 valence electrons. The van der Waals surface area contributed by atoms with E-state index in [1.165, 1.54) is 11.8 Å². The maximum Gasteiger partial charge on any atom is 0.239 e. The third-order valence-electron chi connectivity index (χ3n) is 3.23. The Morgan fingerprint density at radius 2 is 2.13 bits per heavy atom. The highest BCUT2D eigenvalue weighted by Crippen LogP contribution is 2.24. The number of nitrogens with one attached hydrogen (secondary N) is 1. The van der Waals surface area contributed by atoms with Crippen LogP contribution in [0.3, 0.4) is 0 Å². The van der Waals surface area contributed by atoms with Gasteiger partial charge in [-0.3, -0.25) is 4.79 Å². The number of ether oxygens (including phenoxy) is 1. The van der Waals surface area contributed by atoms with Crippen molar-refractivity contribution in [1.29, 1.82) is 0 Å². The molecule has 1 aliphatic heterocycles. The molecule has 0 radical (unpaired) electrons. The fourth-order valence-electron chi connectivity index (χ4n) is 2.07. The average Bonchev–Trinajstić information content (AvgIpc) is 3.19. The summed E-state index contributed by atoms with van der Waals surface area (Å²) in [5.41, 5.74) is 1.08. The monoisotopic (exact) mass is 345 g/mol. The van der Waals surface area contributed by atoms with E-state index in [1.54, 1.807) is 24.7 Å². The molecule has 0 spiro atoms. The van der Waals surface area contributed by atoms with E-state index >= 15 is 0 Å². The van der Waals surface area contributed by atoms with E-state index in [2.05, 4.69) is 15.5 Å². The summed E-state index contributed by atoms with van der Waals surface area (Å²) in [5, 5.41) is 13.2. The Morgan fingerprint density at radius 3 is 2.83 bits per heavy atom. The topological polar surface area (TPSA) is 63.1 Å². The van der Waals surface area contributed by atoms with Gasteiger partial charge in [0.25, 0.3) is 0 Å². The molecule has 1 aromatic heterocycles.